The summed E-state index contributed by atoms with van der Waals surface area (Å²) >= 11 is 0. The maximum absolute atomic E-state index is 12.6. The van der Waals surface area contributed by atoms with Crippen molar-refractivity contribution in [1.82, 2.24) is 10.2 Å². The molecule has 1 saturated heterocycles. The SMILES string of the molecule is CC(C)N1CCOC(CNCC(F)(F)C(F)F)C1. The molecule has 1 atom stereocenters. The summed E-state index contributed by atoms with van der Waals surface area (Å²) < 4.78 is 54.5. The number of morpholine rings is 1. The van der Waals surface area contributed by atoms with Gasteiger partial charge in [0, 0.05) is 25.7 Å². The van der Waals surface area contributed by atoms with Crippen LogP contribution >= 0.6 is 0 Å². The van der Waals surface area contributed by atoms with E-state index in [4.69, 9.17) is 4.74 Å². The fraction of sp³-hybridized carbons (Fsp3) is 1.00. The number of hydrogen-bond acceptors (Lipinski definition) is 3. The molecule has 1 heterocycles. The van der Waals surface area contributed by atoms with Crippen LogP contribution in [0.25, 0.3) is 0 Å². The molecule has 1 fully saturated rings. The number of rotatable bonds is 6. The van der Waals surface area contributed by atoms with Gasteiger partial charge < -0.3 is 10.1 Å². The fourth-order valence-electron chi connectivity index (χ4n) is 1.81. The van der Waals surface area contributed by atoms with E-state index in [0.717, 1.165) is 6.54 Å². The van der Waals surface area contributed by atoms with E-state index in [1.165, 1.54) is 0 Å². The van der Waals surface area contributed by atoms with Crippen molar-refractivity contribution in [3.05, 3.63) is 0 Å². The number of ether oxygens (including phenoxy) is 1. The number of nitrogens with one attached hydrogen (secondary N) is 1. The van der Waals surface area contributed by atoms with Gasteiger partial charge in [-0.1, -0.05) is 0 Å². The van der Waals surface area contributed by atoms with Gasteiger partial charge in [0.05, 0.1) is 19.3 Å². The first-order valence-electron chi connectivity index (χ1n) is 6.05. The Morgan fingerprint density at radius 3 is 2.61 bits per heavy atom. The summed E-state index contributed by atoms with van der Waals surface area (Å²) in [6, 6.07) is 0.360. The van der Waals surface area contributed by atoms with Gasteiger partial charge in [0.25, 0.3) is 0 Å². The van der Waals surface area contributed by atoms with Gasteiger partial charge >= 0.3 is 12.3 Å². The Labute approximate surface area is 104 Å². The summed E-state index contributed by atoms with van der Waals surface area (Å²) in [6.45, 7) is 5.20. The molecule has 1 rings (SSSR count). The van der Waals surface area contributed by atoms with Gasteiger partial charge in [0.1, 0.15) is 0 Å². The Morgan fingerprint density at radius 2 is 2.06 bits per heavy atom. The molecule has 0 spiro atoms. The molecule has 108 valence electrons. The van der Waals surface area contributed by atoms with E-state index in [9.17, 15) is 17.6 Å². The normalized spacial score (nSPS) is 23.0. The molecule has 0 aromatic carbocycles. The molecule has 1 unspecified atom stereocenters. The van der Waals surface area contributed by atoms with Gasteiger partial charge in [-0.25, -0.2) is 8.78 Å². The summed E-state index contributed by atoms with van der Waals surface area (Å²) in [5.41, 5.74) is 0. The maximum Gasteiger partial charge on any atom is 0.319 e. The predicted molar refractivity (Wildman–Crippen MR) is 60.3 cm³/mol. The lowest BCUT2D eigenvalue weighted by atomic mass is 10.2. The minimum Gasteiger partial charge on any atom is -0.374 e. The molecule has 1 N–H and O–H groups in total. The Morgan fingerprint density at radius 1 is 1.39 bits per heavy atom. The molecule has 0 aliphatic carbocycles. The van der Waals surface area contributed by atoms with Crippen molar-refractivity contribution >= 4 is 0 Å². The highest BCUT2D eigenvalue weighted by Crippen LogP contribution is 2.21. The van der Waals surface area contributed by atoms with Gasteiger partial charge in [-0.3, -0.25) is 4.90 Å². The van der Waals surface area contributed by atoms with Crippen LogP contribution in [0, 0.1) is 0 Å². The molecule has 0 aromatic rings. The van der Waals surface area contributed by atoms with Crippen LogP contribution in [0.5, 0.6) is 0 Å². The minimum absolute atomic E-state index is 0.158. The summed E-state index contributed by atoms with van der Waals surface area (Å²) in [5, 5.41) is 2.35. The Kier molecular flexibility index (Phi) is 5.81. The molecule has 0 amide bonds. The third-order valence-corrected chi connectivity index (χ3v) is 2.95. The Bertz CT molecular complexity index is 251. The molecular weight excluding hydrogens is 252 g/mol. The van der Waals surface area contributed by atoms with E-state index in [1.54, 1.807) is 0 Å². The largest absolute Gasteiger partial charge is 0.374 e. The molecule has 0 radical (unpaired) electrons. The fourth-order valence-corrected chi connectivity index (χ4v) is 1.81. The summed E-state index contributed by atoms with van der Waals surface area (Å²) in [5.74, 6) is -3.98. The highest BCUT2D eigenvalue weighted by molar-refractivity contribution is 4.78. The van der Waals surface area contributed by atoms with Crippen molar-refractivity contribution in [3.8, 4) is 0 Å². The first-order chi connectivity index (χ1) is 8.33. The van der Waals surface area contributed by atoms with Crippen molar-refractivity contribution in [1.29, 1.82) is 0 Å². The first-order valence-corrected chi connectivity index (χ1v) is 6.05. The van der Waals surface area contributed by atoms with Crippen molar-refractivity contribution in [2.45, 2.75) is 38.3 Å². The van der Waals surface area contributed by atoms with Gasteiger partial charge in [-0.15, -0.1) is 0 Å². The number of hydrogen-bond donors (Lipinski definition) is 1. The van der Waals surface area contributed by atoms with Crippen LogP contribution in [0.4, 0.5) is 17.6 Å². The molecule has 18 heavy (non-hydrogen) atoms. The molecule has 1 aliphatic rings. The van der Waals surface area contributed by atoms with Gasteiger partial charge in [-0.05, 0) is 13.8 Å². The van der Waals surface area contributed by atoms with Crippen molar-refractivity contribution < 1.29 is 22.3 Å². The van der Waals surface area contributed by atoms with Crippen LogP contribution in [-0.4, -0.2) is 62.2 Å². The Hall–Kier alpha value is -0.400. The zero-order valence-corrected chi connectivity index (χ0v) is 10.6. The molecule has 7 heteroatoms. The third kappa shape index (κ3) is 4.70. The number of nitrogens with zero attached hydrogens (tertiary/aromatic N) is 1. The minimum atomic E-state index is -3.98. The van der Waals surface area contributed by atoms with E-state index in [2.05, 4.69) is 10.2 Å². The lowest BCUT2D eigenvalue weighted by Gasteiger charge is -2.35. The van der Waals surface area contributed by atoms with Crippen LogP contribution in [0.2, 0.25) is 0 Å². The molecule has 0 bridgehead atoms. The van der Waals surface area contributed by atoms with E-state index in [0.29, 0.717) is 19.2 Å². The van der Waals surface area contributed by atoms with Crippen LogP contribution in [0.3, 0.4) is 0 Å². The smallest absolute Gasteiger partial charge is 0.319 e. The average Bonchev–Trinajstić information content (AvgIpc) is 2.29. The van der Waals surface area contributed by atoms with Crippen LogP contribution in [-0.2, 0) is 4.74 Å². The summed E-state index contributed by atoms with van der Waals surface area (Å²) in [4.78, 5) is 2.17. The zero-order valence-electron chi connectivity index (χ0n) is 10.6. The lowest BCUT2D eigenvalue weighted by Crippen LogP contribution is -2.50. The topological polar surface area (TPSA) is 24.5 Å². The predicted octanol–water partition coefficient (Wildman–Crippen LogP) is 1.59. The van der Waals surface area contributed by atoms with E-state index < -0.39 is 18.9 Å². The monoisotopic (exact) mass is 272 g/mol. The molecule has 3 nitrogen and oxygen atoms in total. The molecule has 0 saturated carbocycles. The quantitative estimate of drug-likeness (QED) is 0.743. The van der Waals surface area contributed by atoms with Crippen LogP contribution in [0.1, 0.15) is 13.8 Å². The second-order valence-electron chi connectivity index (χ2n) is 4.77. The van der Waals surface area contributed by atoms with Crippen LogP contribution < -0.4 is 5.32 Å². The molecular formula is C11H20F4N2O. The third-order valence-electron chi connectivity index (χ3n) is 2.95. The lowest BCUT2D eigenvalue weighted by molar-refractivity contribution is -0.127. The van der Waals surface area contributed by atoms with Crippen LogP contribution in [0.15, 0.2) is 0 Å². The van der Waals surface area contributed by atoms with E-state index in [1.807, 2.05) is 13.8 Å². The molecule has 0 aromatic heterocycles. The van der Waals surface area contributed by atoms with E-state index in [-0.39, 0.29) is 12.6 Å². The van der Waals surface area contributed by atoms with Crippen molar-refractivity contribution in [3.63, 3.8) is 0 Å². The second kappa shape index (κ2) is 6.68. The Balaban J connectivity index is 2.27. The van der Waals surface area contributed by atoms with Crippen molar-refractivity contribution in [2.75, 3.05) is 32.8 Å². The number of alkyl halides is 4. The highest BCUT2D eigenvalue weighted by Gasteiger charge is 2.40. The maximum atomic E-state index is 12.6. The second-order valence-corrected chi connectivity index (χ2v) is 4.77. The molecule has 1 aliphatic heterocycles. The van der Waals surface area contributed by atoms with Crippen molar-refractivity contribution in [2.24, 2.45) is 0 Å². The van der Waals surface area contributed by atoms with Gasteiger partial charge in [0.2, 0.25) is 0 Å². The summed E-state index contributed by atoms with van der Waals surface area (Å²) in [6.07, 6.45) is -3.86. The van der Waals surface area contributed by atoms with Gasteiger partial charge in [-0.2, -0.15) is 8.78 Å². The highest BCUT2D eigenvalue weighted by atomic mass is 19.3. The zero-order chi connectivity index (χ0) is 13.8. The average molecular weight is 272 g/mol. The number of halogens is 4. The summed E-state index contributed by atoms with van der Waals surface area (Å²) in [7, 11) is 0. The first kappa shape index (κ1) is 15.7. The van der Waals surface area contributed by atoms with E-state index >= 15 is 0 Å². The van der Waals surface area contributed by atoms with Gasteiger partial charge in [0.15, 0.2) is 0 Å². The standard InChI is InChI=1S/C11H20F4N2O/c1-8(2)17-3-4-18-9(6-17)5-16-7-11(14,15)10(12)13/h8-10,16H,3-7H2,1-2H3.